The zero-order valence-electron chi connectivity index (χ0n) is 15.6. The summed E-state index contributed by atoms with van der Waals surface area (Å²) in [4.78, 5) is 28.0. The van der Waals surface area contributed by atoms with E-state index in [9.17, 15) is 9.59 Å². The van der Waals surface area contributed by atoms with Gasteiger partial charge in [0.15, 0.2) is 18.1 Å². The third-order valence-corrected chi connectivity index (χ3v) is 3.95. The molecule has 0 spiro atoms. The number of hydrogen-bond acceptors (Lipinski definition) is 7. The van der Waals surface area contributed by atoms with Crippen LogP contribution in [-0.2, 0) is 16.0 Å². The Morgan fingerprint density at radius 2 is 2.00 bits per heavy atom. The van der Waals surface area contributed by atoms with E-state index in [2.05, 4.69) is 10.3 Å². The van der Waals surface area contributed by atoms with E-state index in [0.717, 1.165) is 11.3 Å². The highest BCUT2D eigenvalue weighted by atomic mass is 16.6. The van der Waals surface area contributed by atoms with E-state index in [1.807, 2.05) is 18.2 Å². The summed E-state index contributed by atoms with van der Waals surface area (Å²) in [7, 11) is 0. The number of nitrogens with one attached hydrogen (secondary N) is 1. The van der Waals surface area contributed by atoms with Crippen LogP contribution >= 0.6 is 0 Å². The van der Waals surface area contributed by atoms with Crippen molar-refractivity contribution in [2.24, 2.45) is 0 Å². The van der Waals surface area contributed by atoms with Crippen LogP contribution < -0.4 is 19.5 Å². The van der Waals surface area contributed by atoms with Gasteiger partial charge in [0.05, 0.1) is 6.61 Å². The van der Waals surface area contributed by atoms with Crippen LogP contribution in [0.3, 0.4) is 0 Å². The second-order valence-corrected chi connectivity index (χ2v) is 5.94. The lowest BCUT2D eigenvalue weighted by Gasteiger charge is -2.18. The molecule has 28 heavy (non-hydrogen) atoms. The molecule has 0 fully saturated rings. The Labute approximate surface area is 162 Å². The normalized spacial score (nSPS) is 12.2. The SMILES string of the molecule is CCOc1ncccc1C(=O)OCC(=O)NCCc1ccc2c(c1)OCCO2. The summed E-state index contributed by atoms with van der Waals surface area (Å²) in [6.07, 6.45) is 2.14. The van der Waals surface area contributed by atoms with Crippen molar-refractivity contribution in [3.05, 3.63) is 47.7 Å². The van der Waals surface area contributed by atoms with E-state index >= 15 is 0 Å². The lowest BCUT2D eigenvalue weighted by atomic mass is 10.1. The van der Waals surface area contributed by atoms with Crippen LogP contribution in [0.2, 0.25) is 0 Å². The fourth-order valence-corrected chi connectivity index (χ4v) is 2.65. The molecule has 2 aromatic rings. The minimum atomic E-state index is -0.654. The maximum absolute atomic E-state index is 12.1. The number of esters is 1. The molecule has 0 radical (unpaired) electrons. The van der Waals surface area contributed by atoms with Gasteiger partial charge in [-0.1, -0.05) is 6.07 Å². The van der Waals surface area contributed by atoms with Crippen molar-refractivity contribution in [1.82, 2.24) is 10.3 Å². The summed E-state index contributed by atoms with van der Waals surface area (Å²) < 4.78 is 21.4. The van der Waals surface area contributed by atoms with Crippen molar-refractivity contribution in [2.75, 3.05) is 33.0 Å². The first-order valence-electron chi connectivity index (χ1n) is 9.07. The molecular formula is C20H22N2O6. The van der Waals surface area contributed by atoms with Crippen LogP contribution in [0.4, 0.5) is 0 Å². The fourth-order valence-electron chi connectivity index (χ4n) is 2.65. The molecule has 8 heteroatoms. The number of ether oxygens (including phenoxy) is 4. The Morgan fingerprint density at radius 1 is 1.18 bits per heavy atom. The van der Waals surface area contributed by atoms with Crippen LogP contribution in [-0.4, -0.2) is 49.8 Å². The lowest BCUT2D eigenvalue weighted by Crippen LogP contribution is -2.30. The summed E-state index contributed by atoms with van der Waals surface area (Å²) in [6.45, 7) is 3.27. The van der Waals surface area contributed by atoms with E-state index in [-0.39, 0.29) is 24.0 Å². The molecule has 0 saturated heterocycles. The van der Waals surface area contributed by atoms with E-state index in [4.69, 9.17) is 18.9 Å². The minimum Gasteiger partial charge on any atom is -0.486 e. The molecule has 1 N–H and O–H groups in total. The molecular weight excluding hydrogens is 364 g/mol. The number of benzene rings is 1. The Kier molecular flexibility index (Phi) is 6.67. The topological polar surface area (TPSA) is 96.0 Å². The second kappa shape index (κ2) is 9.59. The van der Waals surface area contributed by atoms with Gasteiger partial charge in [-0.2, -0.15) is 0 Å². The van der Waals surface area contributed by atoms with Gasteiger partial charge in [0.2, 0.25) is 5.88 Å². The lowest BCUT2D eigenvalue weighted by molar-refractivity contribution is -0.124. The molecule has 8 nitrogen and oxygen atoms in total. The van der Waals surface area contributed by atoms with E-state index in [1.165, 1.54) is 6.20 Å². The monoisotopic (exact) mass is 386 g/mol. The predicted molar refractivity (Wildman–Crippen MR) is 99.8 cm³/mol. The number of carbonyl (C=O) groups excluding carboxylic acids is 2. The van der Waals surface area contributed by atoms with Crippen LogP contribution in [0.1, 0.15) is 22.8 Å². The van der Waals surface area contributed by atoms with Gasteiger partial charge in [-0.05, 0) is 43.2 Å². The predicted octanol–water partition coefficient (Wildman–Crippen LogP) is 1.77. The maximum atomic E-state index is 12.1. The number of fused-ring (bicyclic) bond motifs is 1. The molecule has 3 rings (SSSR count). The Balaban J connectivity index is 1.43. The summed E-state index contributed by atoms with van der Waals surface area (Å²) in [5.41, 5.74) is 1.20. The number of carbonyl (C=O) groups is 2. The molecule has 1 aliphatic heterocycles. The largest absolute Gasteiger partial charge is 0.486 e. The molecule has 2 heterocycles. The van der Waals surface area contributed by atoms with Gasteiger partial charge < -0.3 is 24.3 Å². The summed E-state index contributed by atoms with van der Waals surface area (Å²) in [5.74, 6) is 0.596. The van der Waals surface area contributed by atoms with Gasteiger partial charge in [-0.15, -0.1) is 0 Å². The van der Waals surface area contributed by atoms with Gasteiger partial charge in [0.25, 0.3) is 5.91 Å². The Morgan fingerprint density at radius 3 is 2.82 bits per heavy atom. The highest BCUT2D eigenvalue weighted by Crippen LogP contribution is 2.30. The smallest absolute Gasteiger partial charge is 0.344 e. The molecule has 0 bridgehead atoms. The molecule has 0 unspecified atom stereocenters. The zero-order valence-corrected chi connectivity index (χ0v) is 15.6. The van der Waals surface area contributed by atoms with Crippen molar-refractivity contribution in [2.45, 2.75) is 13.3 Å². The Hall–Kier alpha value is -3.29. The highest BCUT2D eigenvalue weighted by Gasteiger charge is 2.16. The van der Waals surface area contributed by atoms with Crippen molar-refractivity contribution >= 4 is 11.9 Å². The molecule has 1 aromatic carbocycles. The molecule has 1 aliphatic rings. The third-order valence-electron chi connectivity index (χ3n) is 3.95. The number of aromatic nitrogens is 1. The first-order valence-corrected chi connectivity index (χ1v) is 9.07. The van der Waals surface area contributed by atoms with Crippen LogP contribution in [0.25, 0.3) is 0 Å². The van der Waals surface area contributed by atoms with E-state index < -0.39 is 5.97 Å². The molecule has 0 aliphatic carbocycles. The summed E-state index contributed by atoms with van der Waals surface area (Å²) in [6, 6.07) is 8.83. The van der Waals surface area contributed by atoms with Crippen LogP contribution in [0.5, 0.6) is 17.4 Å². The van der Waals surface area contributed by atoms with Gasteiger partial charge in [-0.3, -0.25) is 4.79 Å². The number of pyridine rings is 1. The summed E-state index contributed by atoms with van der Waals surface area (Å²) in [5, 5.41) is 2.72. The summed E-state index contributed by atoms with van der Waals surface area (Å²) >= 11 is 0. The average Bonchev–Trinajstić information content (AvgIpc) is 2.72. The van der Waals surface area contributed by atoms with Crippen LogP contribution in [0.15, 0.2) is 36.5 Å². The molecule has 0 atom stereocenters. The first-order chi connectivity index (χ1) is 13.7. The standard InChI is InChI=1S/C20H22N2O6/c1-2-25-19-15(4-3-8-22-19)20(24)28-13-18(23)21-9-7-14-5-6-16-17(12-14)27-11-10-26-16/h3-6,8,12H,2,7,9-11,13H2,1H3,(H,21,23). The number of rotatable bonds is 8. The fraction of sp³-hybridized carbons (Fsp3) is 0.350. The zero-order chi connectivity index (χ0) is 19.8. The molecule has 148 valence electrons. The minimum absolute atomic E-state index is 0.188. The van der Waals surface area contributed by atoms with E-state index in [0.29, 0.717) is 38.5 Å². The number of amides is 1. The maximum Gasteiger partial charge on any atom is 0.344 e. The highest BCUT2D eigenvalue weighted by molar-refractivity contribution is 5.93. The Bertz CT molecular complexity index is 839. The quantitative estimate of drug-likeness (QED) is 0.691. The second-order valence-electron chi connectivity index (χ2n) is 5.94. The average molecular weight is 386 g/mol. The van der Waals surface area contributed by atoms with Gasteiger partial charge in [0.1, 0.15) is 18.8 Å². The third kappa shape index (κ3) is 5.12. The van der Waals surface area contributed by atoms with Crippen LogP contribution in [0, 0.1) is 0 Å². The van der Waals surface area contributed by atoms with Gasteiger partial charge >= 0.3 is 5.97 Å². The number of nitrogens with zero attached hydrogens (tertiary/aromatic N) is 1. The van der Waals surface area contributed by atoms with Crippen molar-refractivity contribution in [3.8, 4) is 17.4 Å². The molecule has 1 aromatic heterocycles. The van der Waals surface area contributed by atoms with Crippen molar-refractivity contribution < 1.29 is 28.5 Å². The van der Waals surface area contributed by atoms with Gasteiger partial charge in [0, 0.05) is 12.7 Å². The first kappa shape index (κ1) is 19.5. The number of hydrogen-bond donors (Lipinski definition) is 1. The molecule has 0 saturated carbocycles. The molecule has 1 amide bonds. The van der Waals surface area contributed by atoms with Crippen molar-refractivity contribution in [3.63, 3.8) is 0 Å². The van der Waals surface area contributed by atoms with E-state index in [1.54, 1.807) is 19.1 Å². The van der Waals surface area contributed by atoms with Gasteiger partial charge in [-0.25, -0.2) is 9.78 Å². The van der Waals surface area contributed by atoms with Crippen molar-refractivity contribution in [1.29, 1.82) is 0 Å².